The minimum Gasteiger partial charge on any atom is -0.489 e. The van der Waals surface area contributed by atoms with Gasteiger partial charge in [-0.2, -0.15) is 0 Å². The van der Waals surface area contributed by atoms with Crippen molar-refractivity contribution in [1.29, 1.82) is 0 Å². The van der Waals surface area contributed by atoms with Gasteiger partial charge in [0.15, 0.2) is 0 Å². The molecule has 3 aromatic rings. The van der Waals surface area contributed by atoms with E-state index in [4.69, 9.17) is 10.5 Å². The molecule has 0 spiro atoms. The predicted molar refractivity (Wildman–Crippen MR) is 110 cm³/mol. The van der Waals surface area contributed by atoms with Crippen LogP contribution in [0.25, 0.3) is 0 Å². The molecule has 4 rings (SSSR count). The van der Waals surface area contributed by atoms with Gasteiger partial charge in [0, 0.05) is 31.6 Å². The fraction of sp³-hybridized carbons (Fsp3) is 0.250. The summed E-state index contributed by atoms with van der Waals surface area (Å²) in [5, 5.41) is 0. The van der Waals surface area contributed by atoms with Crippen molar-refractivity contribution in [2.24, 2.45) is 5.73 Å². The van der Waals surface area contributed by atoms with Gasteiger partial charge in [-0.25, -0.2) is 0 Å². The highest BCUT2D eigenvalue weighted by atomic mass is 16.5. The molecular weight excluding hydrogens is 332 g/mol. The van der Waals surface area contributed by atoms with Crippen LogP contribution in [-0.2, 0) is 13.2 Å². The standard InChI is InChI=1S/C24H26N2O/c25-24-17-26(15-19-8-3-1-4-9-19)16-23(24)21-12-7-13-22(14-21)27-18-20-10-5-2-6-11-20/h1-14,23-24H,15-18,25H2/t23-,24-/m1/s1. The number of rotatable bonds is 6. The topological polar surface area (TPSA) is 38.5 Å². The zero-order valence-corrected chi connectivity index (χ0v) is 15.5. The van der Waals surface area contributed by atoms with E-state index in [1.54, 1.807) is 0 Å². The molecule has 3 aromatic carbocycles. The van der Waals surface area contributed by atoms with Gasteiger partial charge in [0.25, 0.3) is 0 Å². The van der Waals surface area contributed by atoms with Crippen molar-refractivity contribution in [3.63, 3.8) is 0 Å². The Balaban J connectivity index is 1.40. The van der Waals surface area contributed by atoms with Crippen LogP contribution < -0.4 is 10.5 Å². The van der Waals surface area contributed by atoms with Gasteiger partial charge >= 0.3 is 0 Å². The monoisotopic (exact) mass is 358 g/mol. The largest absolute Gasteiger partial charge is 0.489 e. The Hall–Kier alpha value is -2.62. The molecule has 0 unspecified atom stereocenters. The average molecular weight is 358 g/mol. The Morgan fingerprint density at radius 2 is 1.52 bits per heavy atom. The molecular formula is C24H26N2O. The van der Waals surface area contributed by atoms with Crippen molar-refractivity contribution in [2.75, 3.05) is 13.1 Å². The van der Waals surface area contributed by atoms with E-state index in [1.807, 2.05) is 24.3 Å². The molecule has 1 aliphatic rings. The summed E-state index contributed by atoms with van der Waals surface area (Å²) in [5.74, 6) is 1.25. The first-order valence-corrected chi connectivity index (χ1v) is 9.56. The lowest BCUT2D eigenvalue weighted by Crippen LogP contribution is -2.28. The highest BCUT2D eigenvalue weighted by Gasteiger charge is 2.31. The summed E-state index contributed by atoms with van der Waals surface area (Å²) in [4.78, 5) is 2.45. The van der Waals surface area contributed by atoms with Crippen LogP contribution in [0.2, 0.25) is 0 Å². The Bertz CT molecular complexity index is 851. The molecule has 3 heteroatoms. The van der Waals surface area contributed by atoms with Crippen molar-refractivity contribution in [3.05, 3.63) is 102 Å². The van der Waals surface area contributed by atoms with Gasteiger partial charge in [0.05, 0.1) is 0 Å². The number of ether oxygens (including phenoxy) is 1. The van der Waals surface area contributed by atoms with E-state index in [1.165, 1.54) is 16.7 Å². The Morgan fingerprint density at radius 1 is 0.815 bits per heavy atom. The molecule has 1 aliphatic heterocycles. The maximum Gasteiger partial charge on any atom is 0.120 e. The third kappa shape index (κ3) is 4.57. The fourth-order valence-electron chi connectivity index (χ4n) is 3.81. The lowest BCUT2D eigenvalue weighted by molar-refractivity contribution is 0.305. The predicted octanol–water partition coefficient (Wildman–Crippen LogP) is 4.19. The smallest absolute Gasteiger partial charge is 0.120 e. The second-order valence-corrected chi connectivity index (χ2v) is 7.30. The summed E-state index contributed by atoms with van der Waals surface area (Å²) in [6.45, 7) is 3.45. The summed E-state index contributed by atoms with van der Waals surface area (Å²) < 4.78 is 6.00. The molecule has 3 nitrogen and oxygen atoms in total. The molecule has 1 heterocycles. The van der Waals surface area contributed by atoms with Crippen LogP contribution in [-0.4, -0.2) is 24.0 Å². The highest BCUT2D eigenvalue weighted by molar-refractivity contribution is 5.33. The Labute approximate surface area is 161 Å². The van der Waals surface area contributed by atoms with Crippen molar-refractivity contribution < 1.29 is 4.74 Å². The number of hydrogen-bond acceptors (Lipinski definition) is 3. The third-order valence-electron chi connectivity index (χ3n) is 5.22. The molecule has 1 fully saturated rings. The SMILES string of the molecule is N[C@@H]1CN(Cc2ccccc2)C[C@@H]1c1cccc(OCc2ccccc2)c1. The first-order valence-electron chi connectivity index (χ1n) is 9.56. The summed E-state index contributed by atoms with van der Waals surface area (Å²) >= 11 is 0. The molecule has 2 N–H and O–H groups in total. The van der Waals surface area contributed by atoms with Crippen molar-refractivity contribution in [1.82, 2.24) is 4.90 Å². The number of hydrogen-bond donors (Lipinski definition) is 1. The quantitative estimate of drug-likeness (QED) is 0.718. The van der Waals surface area contributed by atoms with Gasteiger partial charge in [-0.1, -0.05) is 72.8 Å². The summed E-state index contributed by atoms with van der Waals surface area (Å²) in [6, 6.07) is 29.4. The van der Waals surface area contributed by atoms with Crippen LogP contribution in [0, 0.1) is 0 Å². The van der Waals surface area contributed by atoms with Gasteiger partial charge in [-0.3, -0.25) is 4.90 Å². The summed E-state index contributed by atoms with van der Waals surface area (Å²) in [5.41, 5.74) is 10.3. The lowest BCUT2D eigenvalue weighted by Gasteiger charge is -2.17. The maximum atomic E-state index is 6.49. The fourth-order valence-corrected chi connectivity index (χ4v) is 3.81. The van der Waals surface area contributed by atoms with E-state index in [9.17, 15) is 0 Å². The molecule has 2 atom stereocenters. The van der Waals surface area contributed by atoms with E-state index in [0.29, 0.717) is 12.5 Å². The van der Waals surface area contributed by atoms with Crippen LogP contribution >= 0.6 is 0 Å². The normalized spacial score (nSPS) is 19.9. The van der Waals surface area contributed by atoms with E-state index in [2.05, 4.69) is 65.6 Å². The molecule has 0 radical (unpaired) electrons. The van der Waals surface area contributed by atoms with Gasteiger partial charge in [0.2, 0.25) is 0 Å². The van der Waals surface area contributed by atoms with Crippen LogP contribution in [0.4, 0.5) is 0 Å². The van der Waals surface area contributed by atoms with Crippen molar-refractivity contribution >= 4 is 0 Å². The molecule has 0 aromatic heterocycles. The molecule has 138 valence electrons. The minimum absolute atomic E-state index is 0.151. The summed E-state index contributed by atoms with van der Waals surface area (Å²) in [7, 11) is 0. The van der Waals surface area contributed by atoms with E-state index >= 15 is 0 Å². The molecule has 1 saturated heterocycles. The van der Waals surface area contributed by atoms with Gasteiger partial charge in [-0.05, 0) is 28.8 Å². The van der Waals surface area contributed by atoms with Crippen LogP contribution in [0.5, 0.6) is 5.75 Å². The molecule has 0 amide bonds. The van der Waals surface area contributed by atoms with Crippen LogP contribution in [0.15, 0.2) is 84.9 Å². The Kier molecular flexibility index (Phi) is 5.52. The van der Waals surface area contributed by atoms with Crippen LogP contribution in [0.1, 0.15) is 22.6 Å². The second kappa shape index (κ2) is 8.38. The Morgan fingerprint density at radius 3 is 2.26 bits per heavy atom. The van der Waals surface area contributed by atoms with Gasteiger partial charge < -0.3 is 10.5 Å². The molecule has 0 bridgehead atoms. The van der Waals surface area contributed by atoms with Gasteiger partial charge in [0.1, 0.15) is 12.4 Å². The molecule has 0 saturated carbocycles. The number of nitrogens with zero attached hydrogens (tertiary/aromatic N) is 1. The van der Waals surface area contributed by atoms with Crippen molar-refractivity contribution in [3.8, 4) is 5.75 Å². The molecule has 0 aliphatic carbocycles. The summed E-state index contributed by atoms with van der Waals surface area (Å²) in [6.07, 6.45) is 0. The van der Waals surface area contributed by atoms with E-state index < -0.39 is 0 Å². The first kappa shape index (κ1) is 17.8. The highest BCUT2D eigenvalue weighted by Crippen LogP contribution is 2.30. The number of benzene rings is 3. The second-order valence-electron chi connectivity index (χ2n) is 7.30. The zero-order chi connectivity index (χ0) is 18.5. The van der Waals surface area contributed by atoms with E-state index in [-0.39, 0.29) is 6.04 Å². The van der Waals surface area contributed by atoms with Crippen molar-refractivity contribution in [2.45, 2.75) is 25.1 Å². The van der Waals surface area contributed by atoms with Crippen LogP contribution in [0.3, 0.4) is 0 Å². The minimum atomic E-state index is 0.151. The lowest BCUT2D eigenvalue weighted by atomic mass is 9.95. The zero-order valence-electron chi connectivity index (χ0n) is 15.5. The third-order valence-corrected chi connectivity index (χ3v) is 5.22. The maximum absolute atomic E-state index is 6.49. The molecule has 27 heavy (non-hydrogen) atoms. The average Bonchev–Trinajstić information content (AvgIpc) is 3.08. The first-order chi connectivity index (χ1) is 13.3. The van der Waals surface area contributed by atoms with E-state index in [0.717, 1.165) is 25.4 Å². The van der Waals surface area contributed by atoms with Gasteiger partial charge in [-0.15, -0.1) is 0 Å². The number of likely N-dealkylation sites (tertiary alicyclic amines) is 1. The number of nitrogens with two attached hydrogens (primary N) is 1.